The standard InChI is InChI=1S/C25H42N4O2/c1-3-26-25(27-13-4-16-31-20-23-11-17-30-18-12-23)28-19-22-5-7-24(8-6-22)29-14-9-21(2)10-15-29/h5-8,21,23H,3-4,9-20H2,1-2H3,(H2,26,27,28). The number of anilines is 1. The maximum Gasteiger partial charge on any atom is 0.191 e. The Kier molecular flexibility index (Phi) is 10.5. The summed E-state index contributed by atoms with van der Waals surface area (Å²) in [4.78, 5) is 7.26. The Hall–Kier alpha value is -1.79. The lowest BCUT2D eigenvalue weighted by atomic mass is 9.99. The van der Waals surface area contributed by atoms with Crippen LogP contribution >= 0.6 is 0 Å². The molecule has 6 heteroatoms. The monoisotopic (exact) mass is 430 g/mol. The van der Waals surface area contributed by atoms with Gasteiger partial charge >= 0.3 is 0 Å². The van der Waals surface area contributed by atoms with Gasteiger partial charge in [-0.25, -0.2) is 4.99 Å². The molecular formula is C25H42N4O2. The molecular weight excluding hydrogens is 388 g/mol. The molecule has 0 atom stereocenters. The number of ether oxygens (including phenoxy) is 2. The Morgan fingerprint density at radius 1 is 1.10 bits per heavy atom. The van der Waals surface area contributed by atoms with E-state index in [1.54, 1.807) is 0 Å². The number of rotatable bonds is 10. The zero-order chi connectivity index (χ0) is 21.7. The molecule has 174 valence electrons. The molecule has 3 rings (SSSR count). The van der Waals surface area contributed by atoms with Crippen LogP contribution in [-0.4, -0.2) is 58.6 Å². The molecule has 2 saturated heterocycles. The zero-order valence-electron chi connectivity index (χ0n) is 19.6. The minimum absolute atomic E-state index is 0.672. The van der Waals surface area contributed by atoms with E-state index in [0.29, 0.717) is 12.5 Å². The van der Waals surface area contributed by atoms with E-state index < -0.39 is 0 Å². The van der Waals surface area contributed by atoms with E-state index in [1.165, 1.54) is 37.2 Å². The first-order valence-electron chi connectivity index (χ1n) is 12.3. The Bertz CT molecular complexity index is 635. The number of nitrogens with one attached hydrogen (secondary N) is 2. The molecule has 0 aromatic heterocycles. The average Bonchev–Trinajstić information content (AvgIpc) is 2.81. The van der Waals surface area contributed by atoms with Crippen molar-refractivity contribution in [2.24, 2.45) is 16.8 Å². The smallest absolute Gasteiger partial charge is 0.191 e. The van der Waals surface area contributed by atoms with Crippen molar-refractivity contribution in [2.75, 3.05) is 57.5 Å². The number of guanidine groups is 1. The second-order valence-corrected chi connectivity index (χ2v) is 8.94. The second kappa shape index (κ2) is 13.6. The molecule has 2 aliphatic rings. The van der Waals surface area contributed by atoms with E-state index >= 15 is 0 Å². The fourth-order valence-corrected chi connectivity index (χ4v) is 4.14. The van der Waals surface area contributed by atoms with E-state index in [2.05, 4.69) is 53.6 Å². The molecule has 2 heterocycles. The van der Waals surface area contributed by atoms with E-state index in [-0.39, 0.29) is 0 Å². The molecule has 0 radical (unpaired) electrons. The highest BCUT2D eigenvalue weighted by Crippen LogP contribution is 2.23. The summed E-state index contributed by atoms with van der Waals surface area (Å²) >= 11 is 0. The molecule has 2 fully saturated rings. The fourth-order valence-electron chi connectivity index (χ4n) is 4.14. The van der Waals surface area contributed by atoms with Crippen molar-refractivity contribution in [2.45, 2.75) is 52.5 Å². The summed E-state index contributed by atoms with van der Waals surface area (Å²) in [6, 6.07) is 8.92. The van der Waals surface area contributed by atoms with Crippen molar-refractivity contribution >= 4 is 11.6 Å². The van der Waals surface area contributed by atoms with Crippen molar-refractivity contribution in [1.29, 1.82) is 0 Å². The summed E-state index contributed by atoms with van der Waals surface area (Å²) in [5, 5.41) is 6.77. The number of hydrogen-bond donors (Lipinski definition) is 2. The second-order valence-electron chi connectivity index (χ2n) is 8.94. The third kappa shape index (κ3) is 8.69. The van der Waals surface area contributed by atoms with Gasteiger partial charge in [0.2, 0.25) is 0 Å². The van der Waals surface area contributed by atoms with E-state index in [0.717, 1.165) is 70.7 Å². The van der Waals surface area contributed by atoms with Gasteiger partial charge in [0, 0.05) is 58.3 Å². The molecule has 1 aromatic rings. The third-order valence-electron chi connectivity index (χ3n) is 6.30. The molecule has 2 N–H and O–H groups in total. The van der Waals surface area contributed by atoms with Gasteiger partial charge in [-0.05, 0) is 68.6 Å². The zero-order valence-corrected chi connectivity index (χ0v) is 19.6. The van der Waals surface area contributed by atoms with Gasteiger partial charge in [0.05, 0.1) is 6.54 Å². The third-order valence-corrected chi connectivity index (χ3v) is 6.30. The molecule has 0 aliphatic carbocycles. The Labute approximate surface area is 188 Å². The lowest BCUT2D eigenvalue weighted by Crippen LogP contribution is -2.38. The molecule has 0 spiro atoms. The predicted molar refractivity (Wildman–Crippen MR) is 129 cm³/mol. The highest BCUT2D eigenvalue weighted by molar-refractivity contribution is 5.79. The Morgan fingerprint density at radius 2 is 1.84 bits per heavy atom. The number of piperidine rings is 1. The largest absolute Gasteiger partial charge is 0.381 e. The van der Waals surface area contributed by atoms with Gasteiger partial charge in [0.1, 0.15) is 0 Å². The number of benzene rings is 1. The SMILES string of the molecule is CCNC(=NCc1ccc(N2CCC(C)CC2)cc1)NCCCOCC1CCOCC1. The number of hydrogen-bond acceptors (Lipinski definition) is 4. The van der Waals surface area contributed by atoms with Crippen molar-refractivity contribution in [3.8, 4) is 0 Å². The van der Waals surface area contributed by atoms with E-state index in [4.69, 9.17) is 14.5 Å². The molecule has 31 heavy (non-hydrogen) atoms. The van der Waals surface area contributed by atoms with E-state index in [1.807, 2.05) is 0 Å². The minimum Gasteiger partial charge on any atom is -0.381 e. The molecule has 0 saturated carbocycles. The topological polar surface area (TPSA) is 58.1 Å². The minimum atomic E-state index is 0.672. The first-order valence-corrected chi connectivity index (χ1v) is 12.3. The highest BCUT2D eigenvalue weighted by atomic mass is 16.5. The Morgan fingerprint density at radius 3 is 2.55 bits per heavy atom. The normalized spacial score (nSPS) is 18.9. The number of nitrogens with zero attached hydrogens (tertiary/aromatic N) is 2. The molecule has 0 amide bonds. The summed E-state index contributed by atoms with van der Waals surface area (Å²) in [6.45, 7) is 12.6. The van der Waals surface area contributed by atoms with Gasteiger partial charge in [-0.15, -0.1) is 0 Å². The lowest BCUT2D eigenvalue weighted by molar-refractivity contribution is 0.0203. The van der Waals surface area contributed by atoms with Crippen LogP contribution in [0, 0.1) is 11.8 Å². The molecule has 0 unspecified atom stereocenters. The van der Waals surface area contributed by atoms with Crippen LogP contribution in [-0.2, 0) is 16.0 Å². The van der Waals surface area contributed by atoms with Crippen LogP contribution in [0.15, 0.2) is 29.3 Å². The van der Waals surface area contributed by atoms with Crippen molar-refractivity contribution in [1.82, 2.24) is 10.6 Å². The van der Waals surface area contributed by atoms with Gasteiger partial charge in [0.15, 0.2) is 5.96 Å². The van der Waals surface area contributed by atoms with Gasteiger partial charge in [-0.3, -0.25) is 0 Å². The van der Waals surface area contributed by atoms with Crippen molar-refractivity contribution in [3.05, 3.63) is 29.8 Å². The van der Waals surface area contributed by atoms with Crippen LogP contribution in [0.3, 0.4) is 0 Å². The predicted octanol–water partition coefficient (Wildman–Crippen LogP) is 3.81. The maximum atomic E-state index is 5.85. The van der Waals surface area contributed by atoms with Crippen LogP contribution < -0.4 is 15.5 Å². The van der Waals surface area contributed by atoms with Crippen molar-refractivity contribution < 1.29 is 9.47 Å². The first-order chi connectivity index (χ1) is 15.2. The summed E-state index contributed by atoms with van der Waals surface area (Å²) in [5.41, 5.74) is 2.58. The highest BCUT2D eigenvalue weighted by Gasteiger charge is 2.16. The van der Waals surface area contributed by atoms with Crippen LogP contribution in [0.25, 0.3) is 0 Å². The summed E-state index contributed by atoms with van der Waals surface area (Å²) in [5.74, 6) is 2.41. The van der Waals surface area contributed by atoms with Crippen molar-refractivity contribution in [3.63, 3.8) is 0 Å². The first kappa shape index (κ1) is 23.9. The van der Waals surface area contributed by atoms with Crippen LogP contribution in [0.1, 0.15) is 51.5 Å². The molecule has 0 bridgehead atoms. The van der Waals surface area contributed by atoms with Crippen LogP contribution in [0.4, 0.5) is 5.69 Å². The molecule has 6 nitrogen and oxygen atoms in total. The van der Waals surface area contributed by atoms with Gasteiger partial charge in [-0.2, -0.15) is 0 Å². The maximum absolute atomic E-state index is 5.85. The van der Waals surface area contributed by atoms with Gasteiger partial charge in [0.25, 0.3) is 0 Å². The number of aliphatic imine (C=N–C) groups is 1. The molecule has 2 aliphatic heterocycles. The molecule has 1 aromatic carbocycles. The van der Waals surface area contributed by atoms with Crippen LogP contribution in [0.5, 0.6) is 0 Å². The summed E-state index contributed by atoms with van der Waals surface area (Å²) in [6.07, 6.45) is 5.84. The summed E-state index contributed by atoms with van der Waals surface area (Å²) < 4.78 is 11.2. The van der Waals surface area contributed by atoms with Gasteiger partial charge in [-0.1, -0.05) is 19.1 Å². The summed E-state index contributed by atoms with van der Waals surface area (Å²) in [7, 11) is 0. The quantitative estimate of drug-likeness (QED) is 0.336. The van der Waals surface area contributed by atoms with E-state index in [9.17, 15) is 0 Å². The Balaban J connectivity index is 1.35. The average molecular weight is 431 g/mol. The fraction of sp³-hybridized carbons (Fsp3) is 0.720. The lowest BCUT2D eigenvalue weighted by Gasteiger charge is -2.32. The van der Waals surface area contributed by atoms with Gasteiger partial charge < -0.3 is 25.0 Å². The van der Waals surface area contributed by atoms with Crippen LogP contribution in [0.2, 0.25) is 0 Å².